The maximum absolute atomic E-state index is 13.0. The molecular weight excluding hydrogens is 365 g/mol. The lowest BCUT2D eigenvalue weighted by molar-refractivity contribution is -0.138. The van der Waals surface area contributed by atoms with Gasteiger partial charge in [0.1, 0.15) is 11.1 Å². The highest BCUT2D eigenvalue weighted by Crippen LogP contribution is 2.27. The van der Waals surface area contributed by atoms with Crippen LogP contribution in [-0.2, 0) is 16.0 Å². The van der Waals surface area contributed by atoms with Crippen LogP contribution in [0.15, 0.2) is 59.6 Å². The van der Waals surface area contributed by atoms with Crippen molar-refractivity contribution in [2.75, 3.05) is 18.9 Å². The average Bonchev–Trinajstić information content (AvgIpc) is 2.95. The van der Waals surface area contributed by atoms with Crippen LogP contribution in [0.5, 0.6) is 0 Å². The first-order valence-electron chi connectivity index (χ1n) is 8.61. The molecule has 1 atom stereocenters. The molecule has 3 rings (SSSR count). The maximum Gasteiger partial charge on any atom is 0.243 e. The molecule has 0 bridgehead atoms. The van der Waals surface area contributed by atoms with Crippen molar-refractivity contribution < 1.29 is 14.0 Å². The smallest absolute Gasteiger partial charge is 0.243 e. The molecule has 1 heterocycles. The third-order valence-corrected chi connectivity index (χ3v) is 5.38. The van der Waals surface area contributed by atoms with Crippen LogP contribution in [0.2, 0.25) is 0 Å². The molecule has 2 amide bonds. The number of carbonyl (C=O) groups excluding carboxylic acids is 2. The van der Waals surface area contributed by atoms with E-state index in [1.54, 1.807) is 19.2 Å². The quantitative estimate of drug-likeness (QED) is 0.487. The van der Waals surface area contributed by atoms with Gasteiger partial charge in [0, 0.05) is 25.7 Å². The molecule has 0 saturated carbocycles. The van der Waals surface area contributed by atoms with Crippen LogP contribution in [0.1, 0.15) is 12.0 Å². The van der Waals surface area contributed by atoms with Crippen molar-refractivity contribution in [3.8, 4) is 0 Å². The zero-order chi connectivity index (χ0) is 19.2. The normalized spacial score (nSPS) is 17.5. The number of nitrogens with zero attached hydrogens (tertiary/aromatic N) is 2. The van der Waals surface area contributed by atoms with Gasteiger partial charge in [-0.3, -0.25) is 19.5 Å². The van der Waals surface area contributed by atoms with Crippen molar-refractivity contribution in [2.45, 2.75) is 18.1 Å². The Morgan fingerprint density at radius 2 is 1.89 bits per heavy atom. The maximum atomic E-state index is 13.0. The summed E-state index contributed by atoms with van der Waals surface area (Å²) in [5.41, 5.74) is 1.75. The topological polar surface area (TPSA) is 61.8 Å². The van der Waals surface area contributed by atoms with E-state index in [0.29, 0.717) is 23.8 Å². The molecule has 0 unspecified atom stereocenters. The van der Waals surface area contributed by atoms with Crippen LogP contribution in [0.25, 0.3) is 0 Å². The van der Waals surface area contributed by atoms with Crippen molar-refractivity contribution >= 4 is 34.4 Å². The molecule has 0 aromatic heterocycles. The van der Waals surface area contributed by atoms with Crippen LogP contribution in [0.3, 0.4) is 0 Å². The number of anilines is 1. The number of amides is 2. The summed E-state index contributed by atoms with van der Waals surface area (Å²) in [5.74, 6) is -0.678. The van der Waals surface area contributed by atoms with Crippen molar-refractivity contribution in [3.05, 3.63) is 66.0 Å². The van der Waals surface area contributed by atoms with Crippen LogP contribution >= 0.6 is 11.8 Å². The summed E-state index contributed by atoms with van der Waals surface area (Å²) in [4.78, 5) is 30.4. The first kappa shape index (κ1) is 19.1. The van der Waals surface area contributed by atoms with Gasteiger partial charge in [-0.25, -0.2) is 4.39 Å². The number of hydrogen-bond donors (Lipinski definition) is 1. The highest BCUT2D eigenvalue weighted by Gasteiger charge is 2.39. The fourth-order valence-corrected chi connectivity index (χ4v) is 3.80. The standard InChI is InChI=1S/C20H20FN3O2S/c1-22-20(23-16-9-7-15(21)8-10-16)27-17-13-18(25)24(19(17)26)12-11-14-5-3-2-4-6-14/h2-10,17H,11-13H2,1H3,(H,22,23)/t17-/m0/s1. The minimum Gasteiger partial charge on any atom is -0.335 e. The summed E-state index contributed by atoms with van der Waals surface area (Å²) in [5, 5.41) is 3.07. The highest BCUT2D eigenvalue weighted by atomic mass is 32.2. The Labute approximate surface area is 161 Å². The number of aliphatic imine (C=N–C) groups is 1. The van der Waals surface area contributed by atoms with Gasteiger partial charge >= 0.3 is 0 Å². The number of halogens is 1. The average molecular weight is 385 g/mol. The van der Waals surface area contributed by atoms with E-state index in [-0.39, 0.29) is 24.1 Å². The number of imide groups is 1. The number of rotatable bonds is 5. The Hall–Kier alpha value is -2.67. The summed E-state index contributed by atoms with van der Waals surface area (Å²) in [6, 6.07) is 15.6. The molecule has 0 spiro atoms. The molecule has 27 heavy (non-hydrogen) atoms. The van der Waals surface area contributed by atoms with Gasteiger partial charge in [0.25, 0.3) is 0 Å². The molecule has 5 nitrogen and oxygen atoms in total. The monoisotopic (exact) mass is 385 g/mol. The van der Waals surface area contributed by atoms with E-state index in [1.165, 1.54) is 28.8 Å². The largest absolute Gasteiger partial charge is 0.335 e. The summed E-state index contributed by atoms with van der Waals surface area (Å²) >= 11 is 1.22. The highest BCUT2D eigenvalue weighted by molar-refractivity contribution is 8.15. The summed E-state index contributed by atoms with van der Waals surface area (Å²) in [7, 11) is 1.60. The molecule has 2 aromatic carbocycles. The van der Waals surface area contributed by atoms with Crippen LogP contribution < -0.4 is 5.32 Å². The lowest BCUT2D eigenvalue weighted by Crippen LogP contribution is -2.33. The van der Waals surface area contributed by atoms with E-state index in [9.17, 15) is 14.0 Å². The zero-order valence-electron chi connectivity index (χ0n) is 14.9. The second kappa shape index (κ2) is 8.81. The first-order valence-corrected chi connectivity index (χ1v) is 9.49. The van der Waals surface area contributed by atoms with Gasteiger partial charge in [-0.1, -0.05) is 42.1 Å². The summed E-state index contributed by atoms with van der Waals surface area (Å²) in [6.45, 7) is 0.378. The van der Waals surface area contributed by atoms with Crippen LogP contribution in [-0.4, -0.2) is 40.7 Å². The second-order valence-electron chi connectivity index (χ2n) is 6.09. The van der Waals surface area contributed by atoms with Gasteiger partial charge in [-0.15, -0.1) is 0 Å². The van der Waals surface area contributed by atoms with Gasteiger partial charge < -0.3 is 5.32 Å². The number of hydrogen-bond acceptors (Lipinski definition) is 4. The SMILES string of the molecule is CN=C(Nc1ccc(F)cc1)S[C@H]1CC(=O)N(CCc2ccccc2)C1=O. The predicted molar refractivity (Wildman–Crippen MR) is 106 cm³/mol. The lowest BCUT2D eigenvalue weighted by atomic mass is 10.1. The number of amidine groups is 1. The van der Waals surface area contributed by atoms with E-state index < -0.39 is 5.25 Å². The number of carbonyl (C=O) groups is 2. The van der Waals surface area contributed by atoms with Crippen molar-refractivity contribution in [3.63, 3.8) is 0 Å². The minimum absolute atomic E-state index is 0.155. The van der Waals surface area contributed by atoms with Gasteiger partial charge in [-0.05, 0) is 36.2 Å². The van der Waals surface area contributed by atoms with E-state index >= 15 is 0 Å². The Morgan fingerprint density at radius 1 is 1.19 bits per heavy atom. The van der Waals surface area contributed by atoms with E-state index in [4.69, 9.17) is 0 Å². The molecule has 1 aliphatic heterocycles. The molecule has 0 radical (unpaired) electrons. The second-order valence-corrected chi connectivity index (χ2v) is 7.28. The van der Waals surface area contributed by atoms with Crippen molar-refractivity contribution in [1.29, 1.82) is 0 Å². The van der Waals surface area contributed by atoms with Gasteiger partial charge in [0.15, 0.2) is 5.17 Å². The van der Waals surface area contributed by atoms with E-state index in [2.05, 4.69) is 10.3 Å². The Bertz CT molecular complexity index is 840. The zero-order valence-corrected chi connectivity index (χ0v) is 15.7. The van der Waals surface area contributed by atoms with E-state index in [0.717, 1.165) is 5.56 Å². The van der Waals surface area contributed by atoms with Gasteiger partial charge in [0.2, 0.25) is 11.8 Å². The third-order valence-electron chi connectivity index (χ3n) is 4.22. The number of thioether (sulfide) groups is 1. The summed E-state index contributed by atoms with van der Waals surface area (Å²) in [6.07, 6.45) is 0.792. The first-order chi connectivity index (χ1) is 13.1. The lowest BCUT2D eigenvalue weighted by Gasteiger charge is -2.15. The fraction of sp³-hybridized carbons (Fsp3) is 0.250. The molecule has 0 aliphatic carbocycles. The van der Waals surface area contributed by atoms with Crippen molar-refractivity contribution in [1.82, 2.24) is 4.90 Å². The molecule has 2 aromatic rings. The van der Waals surface area contributed by atoms with Gasteiger partial charge in [0.05, 0.1) is 0 Å². The Morgan fingerprint density at radius 3 is 2.56 bits per heavy atom. The van der Waals surface area contributed by atoms with Crippen LogP contribution in [0, 0.1) is 5.82 Å². The Balaban J connectivity index is 1.59. The molecular formula is C20H20FN3O2S. The Kier molecular flexibility index (Phi) is 6.24. The number of likely N-dealkylation sites (tertiary alicyclic amines) is 1. The molecule has 1 fully saturated rings. The minimum atomic E-state index is -0.500. The molecule has 140 valence electrons. The summed E-state index contributed by atoms with van der Waals surface area (Å²) < 4.78 is 13.0. The molecule has 1 aliphatic rings. The predicted octanol–water partition coefficient (Wildman–Crippen LogP) is 3.33. The molecule has 7 heteroatoms. The molecule has 1 N–H and O–H groups in total. The molecule has 1 saturated heterocycles. The van der Waals surface area contributed by atoms with Gasteiger partial charge in [-0.2, -0.15) is 0 Å². The van der Waals surface area contributed by atoms with E-state index in [1.807, 2.05) is 30.3 Å². The fourth-order valence-electron chi connectivity index (χ4n) is 2.79. The van der Waals surface area contributed by atoms with Crippen LogP contribution in [0.4, 0.5) is 10.1 Å². The van der Waals surface area contributed by atoms with Crippen molar-refractivity contribution in [2.24, 2.45) is 4.99 Å². The number of benzene rings is 2. The third kappa shape index (κ3) is 4.95. The number of nitrogens with one attached hydrogen (secondary N) is 1.